The summed E-state index contributed by atoms with van der Waals surface area (Å²) in [7, 11) is 0. The largest absolute Gasteiger partial charge is 0.485 e. The molecule has 1 aromatic heterocycles. The van der Waals surface area contributed by atoms with E-state index in [1.807, 2.05) is 49.1 Å². The Bertz CT molecular complexity index is 1050. The van der Waals surface area contributed by atoms with Crippen molar-refractivity contribution >= 4 is 23.4 Å². The fraction of sp³-hybridized carbons (Fsp3) is 0.286. The first-order valence-electron chi connectivity index (χ1n) is 9.43. The van der Waals surface area contributed by atoms with E-state index in [0.29, 0.717) is 17.5 Å². The van der Waals surface area contributed by atoms with Crippen LogP contribution in [0, 0.1) is 13.8 Å². The molecule has 2 N–H and O–H groups in total. The van der Waals surface area contributed by atoms with Crippen LogP contribution >= 0.6 is 11.8 Å². The minimum atomic E-state index is 0.0380. The molecule has 0 aliphatic carbocycles. The van der Waals surface area contributed by atoms with Crippen molar-refractivity contribution in [3.05, 3.63) is 65.0 Å². The average Bonchev–Trinajstić information content (AvgIpc) is 3.29. The molecule has 7 nitrogen and oxygen atoms in total. The molecule has 0 spiro atoms. The lowest BCUT2D eigenvalue weighted by molar-refractivity contribution is -0.116. The lowest BCUT2D eigenvalue weighted by atomic mass is 10.1. The van der Waals surface area contributed by atoms with Crippen molar-refractivity contribution in [1.29, 1.82) is 0 Å². The normalized spacial score (nSPS) is 12.8. The summed E-state index contributed by atoms with van der Waals surface area (Å²) < 4.78 is 7.22. The molecule has 1 aliphatic rings. The molecule has 8 heteroatoms. The highest BCUT2D eigenvalue weighted by Crippen LogP contribution is 2.28. The number of para-hydroxylation sites is 1. The number of benzene rings is 2. The Morgan fingerprint density at radius 3 is 2.86 bits per heavy atom. The molecule has 0 atom stereocenters. The van der Waals surface area contributed by atoms with E-state index < -0.39 is 0 Å². The summed E-state index contributed by atoms with van der Waals surface area (Å²) in [5.74, 6) is 7.70. The number of amides is 1. The monoisotopic (exact) mass is 409 g/mol. The molecule has 1 amide bonds. The Balaban J connectivity index is 1.36. The molecule has 0 unspecified atom stereocenters. The molecule has 0 saturated carbocycles. The Morgan fingerprint density at radius 1 is 1.21 bits per heavy atom. The van der Waals surface area contributed by atoms with E-state index in [9.17, 15) is 4.79 Å². The Labute approximate surface area is 173 Å². The summed E-state index contributed by atoms with van der Waals surface area (Å²) in [6.07, 6.45) is 0.888. The number of thioether (sulfide) groups is 1. The maximum absolute atomic E-state index is 12.7. The number of ether oxygens (including phenoxy) is 1. The molecular formula is C21H23N5O2S. The topological polar surface area (TPSA) is 86.3 Å². The third-order valence-corrected chi connectivity index (χ3v) is 5.86. The van der Waals surface area contributed by atoms with Crippen molar-refractivity contribution in [3.63, 3.8) is 0 Å². The Kier molecular flexibility index (Phi) is 5.44. The summed E-state index contributed by atoms with van der Waals surface area (Å²) in [5.41, 5.74) is 4.44. The first-order chi connectivity index (χ1) is 14.0. The van der Waals surface area contributed by atoms with Gasteiger partial charge in [-0.25, -0.2) is 4.68 Å². The maximum Gasteiger partial charge on any atom is 0.237 e. The molecule has 2 aromatic carbocycles. The number of nitrogens with zero attached hydrogens (tertiary/aromatic N) is 4. The number of aryl methyl sites for hydroxylation is 2. The molecule has 4 rings (SSSR count). The number of carbonyl (C=O) groups is 1. The van der Waals surface area contributed by atoms with E-state index >= 15 is 0 Å². The number of nitrogen functional groups attached to an aromatic ring is 1. The number of aromatic nitrogens is 3. The van der Waals surface area contributed by atoms with E-state index in [-0.39, 0.29) is 18.3 Å². The first-order valence-corrected chi connectivity index (χ1v) is 10.4. The van der Waals surface area contributed by atoms with Gasteiger partial charge >= 0.3 is 0 Å². The maximum atomic E-state index is 12.7. The Morgan fingerprint density at radius 2 is 2.03 bits per heavy atom. The van der Waals surface area contributed by atoms with Gasteiger partial charge in [-0.3, -0.25) is 4.79 Å². The number of anilines is 1. The van der Waals surface area contributed by atoms with Crippen molar-refractivity contribution in [2.24, 2.45) is 0 Å². The molecule has 0 radical (unpaired) electrons. The van der Waals surface area contributed by atoms with Crippen LogP contribution in [0.4, 0.5) is 5.69 Å². The van der Waals surface area contributed by atoms with Gasteiger partial charge in [0.25, 0.3) is 0 Å². The number of fused-ring (bicyclic) bond motifs is 1. The van der Waals surface area contributed by atoms with Crippen LogP contribution in [0.5, 0.6) is 5.75 Å². The lowest BCUT2D eigenvalue weighted by Gasteiger charge is -2.16. The number of hydrogen-bond donors (Lipinski definition) is 1. The summed E-state index contributed by atoms with van der Waals surface area (Å²) in [4.78, 5) is 14.5. The third kappa shape index (κ3) is 4.07. The third-order valence-electron chi connectivity index (χ3n) is 4.94. The van der Waals surface area contributed by atoms with Gasteiger partial charge in [0.2, 0.25) is 11.1 Å². The summed E-state index contributed by atoms with van der Waals surface area (Å²) in [6.45, 7) is 4.96. The molecule has 0 bridgehead atoms. The summed E-state index contributed by atoms with van der Waals surface area (Å²) in [6, 6.07) is 14.0. The van der Waals surface area contributed by atoms with Crippen LogP contribution in [-0.2, 0) is 17.8 Å². The fourth-order valence-electron chi connectivity index (χ4n) is 3.41. The standard InChI is InChI=1S/C21H23N5O2S/c1-14-7-8-18(15(2)11-14)28-12-19-23-24-21(26(19)22)29-13-20(27)25-10-9-16-5-3-4-6-17(16)25/h3-8,11H,9-10,12-13,22H2,1-2H3. The second-order valence-corrected chi connectivity index (χ2v) is 7.98. The zero-order valence-corrected chi connectivity index (χ0v) is 17.3. The molecule has 150 valence electrons. The van der Waals surface area contributed by atoms with E-state index in [4.69, 9.17) is 10.6 Å². The van der Waals surface area contributed by atoms with Crippen LogP contribution < -0.4 is 15.5 Å². The molecular weight excluding hydrogens is 386 g/mol. The minimum Gasteiger partial charge on any atom is -0.485 e. The average molecular weight is 410 g/mol. The van der Waals surface area contributed by atoms with Crippen LogP contribution in [0.25, 0.3) is 0 Å². The quantitative estimate of drug-likeness (QED) is 0.498. The smallest absolute Gasteiger partial charge is 0.237 e. The van der Waals surface area contributed by atoms with Crippen molar-refractivity contribution in [3.8, 4) is 5.75 Å². The van der Waals surface area contributed by atoms with E-state index in [2.05, 4.69) is 22.3 Å². The molecule has 29 heavy (non-hydrogen) atoms. The van der Waals surface area contributed by atoms with Crippen molar-refractivity contribution in [2.45, 2.75) is 32.0 Å². The molecule has 0 fully saturated rings. The van der Waals surface area contributed by atoms with Gasteiger partial charge in [0.1, 0.15) is 12.4 Å². The van der Waals surface area contributed by atoms with Crippen LogP contribution in [0.1, 0.15) is 22.5 Å². The van der Waals surface area contributed by atoms with Gasteiger partial charge in [-0.05, 0) is 43.5 Å². The molecule has 3 aromatic rings. The van der Waals surface area contributed by atoms with Gasteiger partial charge < -0.3 is 15.5 Å². The Hall–Kier alpha value is -3.00. The summed E-state index contributed by atoms with van der Waals surface area (Å²) in [5, 5.41) is 8.71. The molecule has 2 heterocycles. The van der Waals surface area contributed by atoms with E-state index in [0.717, 1.165) is 23.4 Å². The van der Waals surface area contributed by atoms with Gasteiger partial charge in [0.15, 0.2) is 5.82 Å². The zero-order chi connectivity index (χ0) is 20.4. The van der Waals surface area contributed by atoms with E-state index in [1.54, 1.807) is 0 Å². The highest BCUT2D eigenvalue weighted by molar-refractivity contribution is 7.99. The van der Waals surface area contributed by atoms with E-state index in [1.165, 1.54) is 27.6 Å². The van der Waals surface area contributed by atoms with Gasteiger partial charge in [0, 0.05) is 12.2 Å². The van der Waals surface area contributed by atoms with Gasteiger partial charge in [-0.1, -0.05) is 47.7 Å². The number of nitrogens with two attached hydrogens (primary N) is 1. The summed E-state index contributed by atoms with van der Waals surface area (Å²) >= 11 is 1.28. The van der Waals surface area contributed by atoms with Gasteiger partial charge in [-0.15, -0.1) is 10.2 Å². The fourth-order valence-corrected chi connectivity index (χ4v) is 4.16. The first kappa shape index (κ1) is 19.3. The predicted molar refractivity (Wildman–Crippen MR) is 114 cm³/mol. The van der Waals surface area contributed by atoms with Crippen molar-refractivity contribution < 1.29 is 9.53 Å². The van der Waals surface area contributed by atoms with Gasteiger partial charge in [0.05, 0.1) is 5.75 Å². The van der Waals surface area contributed by atoms with Crippen LogP contribution in [-0.4, -0.2) is 33.1 Å². The highest BCUT2D eigenvalue weighted by atomic mass is 32.2. The SMILES string of the molecule is Cc1ccc(OCc2nnc(SCC(=O)N3CCc4ccccc43)n2N)c(C)c1. The van der Waals surface area contributed by atoms with Crippen LogP contribution in [0.2, 0.25) is 0 Å². The van der Waals surface area contributed by atoms with Crippen molar-refractivity contribution in [1.82, 2.24) is 14.9 Å². The molecule has 1 aliphatic heterocycles. The minimum absolute atomic E-state index is 0.0380. The second kappa shape index (κ2) is 8.16. The lowest BCUT2D eigenvalue weighted by Crippen LogP contribution is -2.30. The van der Waals surface area contributed by atoms with Crippen LogP contribution in [0.15, 0.2) is 47.6 Å². The number of rotatable bonds is 6. The zero-order valence-electron chi connectivity index (χ0n) is 16.5. The number of hydrogen-bond acceptors (Lipinski definition) is 6. The molecule has 0 saturated heterocycles. The van der Waals surface area contributed by atoms with Crippen molar-refractivity contribution in [2.75, 3.05) is 23.0 Å². The highest BCUT2D eigenvalue weighted by Gasteiger charge is 2.24. The number of carbonyl (C=O) groups excluding carboxylic acids is 1. The van der Waals surface area contributed by atoms with Crippen LogP contribution in [0.3, 0.4) is 0 Å². The van der Waals surface area contributed by atoms with Gasteiger partial charge in [-0.2, -0.15) is 0 Å². The predicted octanol–water partition coefficient (Wildman–Crippen LogP) is 2.87. The second-order valence-electron chi connectivity index (χ2n) is 7.04.